The van der Waals surface area contributed by atoms with E-state index in [1.807, 2.05) is 0 Å². The highest BCUT2D eigenvalue weighted by molar-refractivity contribution is 6.34. The molecule has 41 heavy (non-hydrogen) atoms. The molecule has 2 aliphatic heterocycles. The molecule has 14 heteroatoms. The number of pyridine rings is 1. The standard InChI is InChI=1S/C27H23Cl2N7O5/c1-34-11-32-25-22(26(34)40)15(12-2-14(24(30)39)23(38)16(28)3-12)7-35(25)8-21(37)33-18-4-20(31-6-17(18)29)36-19-10-41-9-13-5-27(13,19)36/h2-4,6-7,11,13,19,38H,5,8-10H2,1H3,(H2,30,39)(H,31,33,37). The Morgan fingerprint density at radius 1 is 1.22 bits per heavy atom. The fourth-order valence-electron chi connectivity index (χ4n) is 6.11. The number of aryl methyl sites for hydroxylation is 1. The number of primary amides is 1. The van der Waals surface area contributed by atoms with E-state index in [0.29, 0.717) is 35.4 Å². The van der Waals surface area contributed by atoms with Gasteiger partial charge in [-0.1, -0.05) is 23.2 Å². The van der Waals surface area contributed by atoms with Crippen LogP contribution in [0.3, 0.4) is 0 Å². The molecule has 12 nitrogen and oxygen atoms in total. The molecular formula is C27H23Cl2N7O5. The molecule has 5 heterocycles. The lowest BCUT2D eigenvalue weighted by atomic mass is 10.0. The second-order valence-electron chi connectivity index (χ2n) is 10.6. The zero-order valence-electron chi connectivity index (χ0n) is 21.6. The van der Waals surface area contributed by atoms with Crippen LogP contribution >= 0.6 is 23.2 Å². The van der Waals surface area contributed by atoms with E-state index in [9.17, 15) is 19.5 Å². The van der Waals surface area contributed by atoms with Crippen LogP contribution in [-0.4, -0.2) is 60.8 Å². The Balaban J connectivity index is 1.21. The van der Waals surface area contributed by atoms with E-state index >= 15 is 0 Å². The molecular weight excluding hydrogens is 573 g/mol. The van der Waals surface area contributed by atoms with E-state index in [1.54, 1.807) is 19.3 Å². The zero-order valence-corrected chi connectivity index (χ0v) is 23.1. The number of hydrogen-bond donors (Lipinski definition) is 3. The van der Waals surface area contributed by atoms with E-state index < -0.39 is 17.6 Å². The third-order valence-corrected chi connectivity index (χ3v) is 8.83. The first kappa shape index (κ1) is 25.8. The molecule has 0 radical (unpaired) electrons. The highest BCUT2D eigenvalue weighted by Crippen LogP contribution is 2.67. The van der Waals surface area contributed by atoms with Crippen molar-refractivity contribution in [2.24, 2.45) is 18.7 Å². The van der Waals surface area contributed by atoms with Crippen molar-refractivity contribution >= 4 is 57.6 Å². The first-order chi connectivity index (χ1) is 19.6. The lowest BCUT2D eigenvalue weighted by molar-refractivity contribution is -0.116. The van der Waals surface area contributed by atoms with Gasteiger partial charge in [-0.15, -0.1) is 0 Å². The number of nitrogens with two attached hydrogens (primary N) is 1. The van der Waals surface area contributed by atoms with Gasteiger partial charge in [-0.05, 0) is 24.1 Å². The van der Waals surface area contributed by atoms with Gasteiger partial charge in [0.1, 0.15) is 23.8 Å². The van der Waals surface area contributed by atoms with Gasteiger partial charge in [0.25, 0.3) is 11.5 Å². The summed E-state index contributed by atoms with van der Waals surface area (Å²) in [5, 5.41) is 13.4. The minimum Gasteiger partial charge on any atom is -0.506 e. The number of nitrogens with one attached hydrogen (secondary N) is 1. The average molecular weight is 596 g/mol. The average Bonchev–Trinajstić information content (AvgIpc) is 3.78. The molecule has 210 valence electrons. The van der Waals surface area contributed by atoms with E-state index in [4.69, 9.17) is 33.7 Å². The number of halogens is 2. The van der Waals surface area contributed by atoms with Crippen molar-refractivity contribution in [1.82, 2.24) is 19.1 Å². The maximum atomic E-state index is 13.3. The fraction of sp³-hybridized carbons (Fsp3) is 0.296. The van der Waals surface area contributed by atoms with Crippen molar-refractivity contribution in [3.05, 3.63) is 62.9 Å². The lowest BCUT2D eigenvalue weighted by Crippen LogP contribution is -2.20. The first-order valence-corrected chi connectivity index (χ1v) is 13.6. The smallest absolute Gasteiger partial charge is 0.263 e. The highest BCUT2D eigenvalue weighted by Gasteiger charge is 2.79. The summed E-state index contributed by atoms with van der Waals surface area (Å²) in [5.41, 5.74) is 6.33. The van der Waals surface area contributed by atoms with Gasteiger partial charge in [-0.25, -0.2) is 9.97 Å². The van der Waals surface area contributed by atoms with Crippen LogP contribution < -0.4 is 21.5 Å². The number of aromatic nitrogens is 4. The first-order valence-electron chi connectivity index (χ1n) is 12.8. The summed E-state index contributed by atoms with van der Waals surface area (Å²) in [6.45, 7) is 1.21. The Hall–Kier alpha value is -4.13. The van der Waals surface area contributed by atoms with Crippen molar-refractivity contribution in [1.29, 1.82) is 0 Å². The second-order valence-corrected chi connectivity index (χ2v) is 11.4. The number of anilines is 2. The molecule has 1 aromatic carbocycles. The molecule has 4 N–H and O–H groups in total. The number of rotatable bonds is 6. The second kappa shape index (κ2) is 8.93. The minimum absolute atomic E-state index is 0.117. The summed E-state index contributed by atoms with van der Waals surface area (Å²) in [4.78, 5) is 49.4. The lowest BCUT2D eigenvalue weighted by Gasteiger charge is -2.11. The Bertz CT molecular complexity index is 1870. The summed E-state index contributed by atoms with van der Waals surface area (Å²) in [6.07, 6.45) is 5.52. The number of hydrogen-bond acceptors (Lipinski definition) is 8. The van der Waals surface area contributed by atoms with Gasteiger partial charge in [0.05, 0.1) is 64.0 Å². The molecule has 2 saturated heterocycles. The molecule has 4 aromatic rings. The Morgan fingerprint density at radius 2 is 2.02 bits per heavy atom. The molecule has 3 aliphatic rings. The van der Waals surface area contributed by atoms with E-state index in [-0.39, 0.29) is 44.3 Å². The number of carbonyl (C=O) groups is 2. The van der Waals surface area contributed by atoms with Gasteiger partial charge in [0.15, 0.2) is 0 Å². The van der Waals surface area contributed by atoms with Gasteiger partial charge >= 0.3 is 0 Å². The number of ether oxygens (including phenoxy) is 1. The highest BCUT2D eigenvalue weighted by atomic mass is 35.5. The maximum Gasteiger partial charge on any atom is 0.263 e. The molecule has 1 aliphatic carbocycles. The summed E-state index contributed by atoms with van der Waals surface area (Å²) in [6, 6.07) is 4.81. The van der Waals surface area contributed by atoms with Crippen LogP contribution in [0.2, 0.25) is 10.0 Å². The Labute approximate surface area is 242 Å². The fourth-order valence-corrected chi connectivity index (χ4v) is 6.48. The van der Waals surface area contributed by atoms with Crippen LogP contribution in [-0.2, 0) is 23.1 Å². The molecule has 3 aromatic heterocycles. The van der Waals surface area contributed by atoms with Gasteiger partial charge in [-0.2, -0.15) is 0 Å². The summed E-state index contributed by atoms with van der Waals surface area (Å²) in [7, 11) is 1.55. The maximum absolute atomic E-state index is 13.3. The predicted octanol–water partition coefficient (Wildman–Crippen LogP) is 2.52. The van der Waals surface area contributed by atoms with Crippen molar-refractivity contribution in [3.63, 3.8) is 0 Å². The third-order valence-electron chi connectivity index (χ3n) is 8.24. The number of fused-ring (bicyclic) bond motifs is 1. The molecule has 0 bridgehead atoms. The molecule has 3 atom stereocenters. The van der Waals surface area contributed by atoms with Crippen LogP contribution in [0, 0.1) is 5.92 Å². The quantitative estimate of drug-likeness (QED) is 0.287. The summed E-state index contributed by atoms with van der Waals surface area (Å²) >= 11 is 12.6. The number of amides is 2. The van der Waals surface area contributed by atoms with Crippen LogP contribution in [0.4, 0.5) is 11.5 Å². The van der Waals surface area contributed by atoms with Crippen molar-refractivity contribution in [3.8, 4) is 16.9 Å². The van der Waals surface area contributed by atoms with Gasteiger partial charge in [0, 0.05) is 30.8 Å². The largest absolute Gasteiger partial charge is 0.506 e. The van der Waals surface area contributed by atoms with Crippen molar-refractivity contribution < 1.29 is 19.4 Å². The number of carbonyl (C=O) groups excluding carboxylic acids is 2. The predicted molar refractivity (Wildman–Crippen MR) is 151 cm³/mol. The van der Waals surface area contributed by atoms with Crippen LogP contribution in [0.1, 0.15) is 16.8 Å². The SMILES string of the molecule is Cn1cnc2c(c(-c3cc(Cl)c(O)c(C(N)=O)c3)cn2CC(=O)Nc2cc(N3C4COCC5CC543)ncc2Cl)c1=O. The Morgan fingerprint density at radius 3 is 2.78 bits per heavy atom. The number of phenols is 1. The number of aromatic hydroxyl groups is 1. The van der Waals surface area contributed by atoms with Crippen LogP contribution in [0.5, 0.6) is 5.75 Å². The normalized spacial score (nSPS) is 22.3. The topological polar surface area (TPSA) is 157 Å². The van der Waals surface area contributed by atoms with Gasteiger partial charge < -0.3 is 34.9 Å². The van der Waals surface area contributed by atoms with E-state index in [2.05, 4.69) is 20.2 Å². The van der Waals surface area contributed by atoms with Gasteiger partial charge in [-0.3, -0.25) is 14.4 Å². The van der Waals surface area contributed by atoms with E-state index in [0.717, 1.165) is 18.8 Å². The molecule has 1 saturated carbocycles. The van der Waals surface area contributed by atoms with Crippen molar-refractivity contribution in [2.45, 2.75) is 24.5 Å². The Kier molecular flexibility index (Phi) is 5.62. The van der Waals surface area contributed by atoms with Crippen molar-refractivity contribution in [2.75, 3.05) is 23.4 Å². The molecule has 1 spiro atoms. The number of benzene rings is 1. The monoisotopic (exact) mass is 595 g/mol. The molecule has 2 amide bonds. The van der Waals surface area contributed by atoms with Crippen LogP contribution in [0.25, 0.3) is 22.2 Å². The number of nitrogens with zero attached hydrogens (tertiary/aromatic N) is 5. The van der Waals surface area contributed by atoms with Gasteiger partial charge in [0.2, 0.25) is 5.91 Å². The third kappa shape index (κ3) is 3.89. The minimum atomic E-state index is -0.889. The van der Waals surface area contributed by atoms with Crippen LogP contribution in [0.15, 0.2) is 41.7 Å². The molecule has 3 unspecified atom stereocenters. The molecule has 3 fully saturated rings. The van der Waals surface area contributed by atoms with E-state index in [1.165, 1.54) is 33.8 Å². The molecule has 7 rings (SSSR count). The summed E-state index contributed by atoms with van der Waals surface area (Å²) < 4.78 is 8.50. The summed E-state index contributed by atoms with van der Waals surface area (Å²) in [5.74, 6) is -0.519. The zero-order chi connectivity index (χ0) is 28.8.